The van der Waals surface area contributed by atoms with Crippen LogP contribution in [0, 0.1) is 13.8 Å². The van der Waals surface area contributed by atoms with Crippen LogP contribution in [0.15, 0.2) is 18.2 Å². The van der Waals surface area contributed by atoms with E-state index in [4.69, 9.17) is 28.9 Å². The second-order valence-electron chi connectivity index (χ2n) is 4.45. The largest absolute Gasteiger partial charge is 0.375 e. The van der Waals surface area contributed by atoms with Crippen LogP contribution in [0.5, 0.6) is 0 Å². The van der Waals surface area contributed by atoms with E-state index in [0.717, 1.165) is 16.4 Å². The van der Waals surface area contributed by atoms with E-state index in [1.807, 2.05) is 19.9 Å². The average Bonchev–Trinajstić information content (AvgIpc) is 2.92. The first-order chi connectivity index (χ1) is 9.95. The summed E-state index contributed by atoms with van der Waals surface area (Å²) in [6.45, 7) is 3.71. The molecule has 0 bridgehead atoms. The van der Waals surface area contributed by atoms with Crippen LogP contribution < -0.4 is 5.73 Å². The van der Waals surface area contributed by atoms with E-state index in [2.05, 4.69) is 15.1 Å². The molecule has 3 rings (SSSR count). The molecule has 0 saturated carbocycles. The molecule has 0 radical (unpaired) electrons. The van der Waals surface area contributed by atoms with Crippen LogP contribution in [0.1, 0.15) is 11.6 Å². The molecule has 5 nitrogen and oxygen atoms in total. The maximum absolute atomic E-state index is 6.27. The summed E-state index contributed by atoms with van der Waals surface area (Å²) in [5.41, 5.74) is 7.30. The second-order valence-corrected chi connectivity index (χ2v) is 6.30. The lowest BCUT2D eigenvalue weighted by atomic mass is 10.1. The first-order valence-corrected chi connectivity index (χ1v) is 7.65. The van der Waals surface area contributed by atoms with E-state index in [1.54, 1.807) is 16.8 Å². The van der Waals surface area contributed by atoms with E-state index < -0.39 is 0 Å². The summed E-state index contributed by atoms with van der Waals surface area (Å²) in [6, 6.07) is 5.26. The number of nitrogens with two attached hydrogens (primary N) is 1. The molecule has 1 aromatic carbocycles. The van der Waals surface area contributed by atoms with Crippen molar-refractivity contribution in [2.24, 2.45) is 0 Å². The van der Waals surface area contributed by atoms with E-state index in [1.165, 1.54) is 11.3 Å². The van der Waals surface area contributed by atoms with Crippen molar-refractivity contribution in [2.45, 2.75) is 13.8 Å². The third-order valence-corrected chi connectivity index (χ3v) is 4.29. The third-order valence-electron chi connectivity index (χ3n) is 2.88. The van der Waals surface area contributed by atoms with Gasteiger partial charge in [0.05, 0.1) is 5.02 Å². The van der Waals surface area contributed by atoms with Crippen LogP contribution in [0.2, 0.25) is 10.0 Å². The Balaban J connectivity index is 2.23. The molecule has 0 saturated heterocycles. The van der Waals surface area contributed by atoms with Gasteiger partial charge in [0, 0.05) is 10.6 Å². The van der Waals surface area contributed by atoms with Crippen molar-refractivity contribution in [3.63, 3.8) is 0 Å². The molecule has 0 unspecified atom stereocenters. The van der Waals surface area contributed by atoms with Gasteiger partial charge in [-0.15, -0.1) is 0 Å². The minimum Gasteiger partial charge on any atom is -0.375 e. The highest BCUT2D eigenvalue weighted by Gasteiger charge is 2.19. The van der Waals surface area contributed by atoms with Gasteiger partial charge in [-0.3, -0.25) is 0 Å². The van der Waals surface area contributed by atoms with Gasteiger partial charge in [0.2, 0.25) is 0 Å². The standard InChI is InChI=1S/C13H11Cl2N5S/c1-6-17-7(2)20(19-6)12-11(18-13(16)21-12)9-4-3-8(14)5-10(9)15/h3-5H,1-2H3,(H2,16,18). The van der Waals surface area contributed by atoms with Gasteiger partial charge in [0.25, 0.3) is 0 Å². The maximum Gasteiger partial charge on any atom is 0.182 e. The Morgan fingerprint density at radius 3 is 2.57 bits per heavy atom. The van der Waals surface area contributed by atoms with E-state index in [0.29, 0.717) is 26.7 Å². The van der Waals surface area contributed by atoms with Crippen molar-refractivity contribution in [3.05, 3.63) is 39.9 Å². The Labute approximate surface area is 135 Å². The predicted molar refractivity (Wildman–Crippen MR) is 86.4 cm³/mol. The van der Waals surface area contributed by atoms with Crippen LogP contribution in [0.4, 0.5) is 5.13 Å². The van der Waals surface area contributed by atoms with Crippen molar-refractivity contribution in [3.8, 4) is 16.3 Å². The molecule has 0 aliphatic carbocycles. The SMILES string of the molecule is Cc1nc(C)n(-c2sc(N)nc2-c2ccc(Cl)cc2Cl)n1. The van der Waals surface area contributed by atoms with Crippen LogP contribution in [-0.2, 0) is 0 Å². The zero-order chi connectivity index (χ0) is 15.1. The summed E-state index contributed by atoms with van der Waals surface area (Å²) >= 11 is 13.6. The molecule has 0 aliphatic heterocycles. The van der Waals surface area contributed by atoms with Gasteiger partial charge in [-0.05, 0) is 32.0 Å². The summed E-state index contributed by atoms with van der Waals surface area (Å²) < 4.78 is 1.73. The Morgan fingerprint density at radius 2 is 1.95 bits per heavy atom. The van der Waals surface area contributed by atoms with Crippen LogP contribution >= 0.6 is 34.5 Å². The molecule has 0 aliphatic rings. The molecule has 21 heavy (non-hydrogen) atoms. The van der Waals surface area contributed by atoms with Crippen molar-refractivity contribution < 1.29 is 0 Å². The Morgan fingerprint density at radius 1 is 1.19 bits per heavy atom. The molecule has 2 heterocycles. The quantitative estimate of drug-likeness (QED) is 0.768. The molecule has 8 heteroatoms. The van der Waals surface area contributed by atoms with Gasteiger partial charge in [0.15, 0.2) is 5.13 Å². The molecular weight excluding hydrogens is 329 g/mol. The molecule has 0 spiro atoms. The fourth-order valence-electron chi connectivity index (χ4n) is 2.04. The lowest BCUT2D eigenvalue weighted by Gasteiger charge is -2.05. The van der Waals surface area contributed by atoms with E-state index in [9.17, 15) is 0 Å². The smallest absolute Gasteiger partial charge is 0.182 e. The van der Waals surface area contributed by atoms with Gasteiger partial charge < -0.3 is 5.73 Å². The van der Waals surface area contributed by atoms with E-state index in [-0.39, 0.29) is 0 Å². The van der Waals surface area contributed by atoms with Gasteiger partial charge in [-0.1, -0.05) is 34.5 Å². The molecule has 2 N–H and O–H groups in total. The summed E-state index contributed by atoms with van der Waals surface area (Å²) in [5.74, 6) is 1.45. The summed E-state index contributed by atoms with van der Waals surface area (Å²) in [6.07, 6.45) is 0. The molecular formula is C13H11Cl2N5S. The zero-order valence-electron chi connectivity index (χ0n) is 11.3. The average molecular weight is 340 g/mol. The van der Waals surface area contributed by atoms with Gasteiger partial charge in [-0.25, -0.2) is 14.6 Å². The lowest BCUT2D eigenvalue weighted by molar-refractivity contribution is 0.845. The van der Waals surface area contributed by atoms with Crippen molar-refractivity contribution in [2.75, 3.05) is 5.73 Å². The number of aromatic nitrogens is 4. The molecule has 0 amide bonds. The van der Waals surface area contributed by atoms with Gasteiger partial charge in [-0.2, -0.15) is 5.10 Å². The fourth-order valence-corrected chi connectivity index (χ4v) is 3.39. The highest BCUT2D eigenvalue weighted by Crippen LogP contribution is 2.37. The van der Waals surface area contributed by atoms with Crippen LogP contribution in [0.3, 0.4) is 0 Å². The first-order valence-electron chi connectivity index (χ1n) is 6.08. The molecule has 2 aromatic heterocycles. The number of nitrogens with zero attached hydrogens (tertiary/aromatic N) is 4. The first kappa shape index (κ1) is 14.3. The number of aryl methyl sites for hydroxylation is 2. The second kappa shape index (κ2) is 5.29. The maximum atomic E-state index is 6.27. The third kappa shape index (κ3) is 2.62. The highest BCUT2D eigenvalue weighted by atomic mass is 35.5. The monoisotopic (exact) mass is 339 g/mol. The minimum atomic E-state index is 0.443. The number of halogens is 2. The van der Waals surface area contributed by atoms with E-state index >= 15 is 0 Å². The molecule has 108 valence electrons. The molecule has 0 fully saturated rings. The Hall–Kier alpha value is -1.63. The summed E-state index contributed by atoms with van der Waals surface area (Å²) in [7, 11) is 0. The van der Waals surface area contributed by atoms with Gasteiger partial charge >= 0.3 is 0 Å². The minimum absolute atomic E-state index is 0.443. The number of hydrogen-bond donors (Lipinski definition) is 1. The summed E-state index contributed by atoms with van der Waals surface area (Å²) in [5, 5.41) is 6.70. The van der Waals surface area contributed by atoms with Crippen LogP contribution in [-0.4, -0.2) is 19.7 Å². The number of hydrogen-bond acceptors (Lipinski definition) is 5. The zero-order valence-corrected chi connectivity index (χ0v) is 13.6. The highest BCUT2D eigenvalue weighted by molar-refractivity contribution is 7.18. The van der Waals surface area contributed by atoms with Crippen molar-refractivity contribution in [1.29, 1.82) is 0 Å². The number of rotatable bonds is 2. The van der Waals surface area contributed by atoms with Crippen molar-refractivity contribution in [1.82, 2.24) is 19.7 Å². The van der Waals surface area contributed by atoms with Crippen molar-refractivity contribution >= 4 is 39.7 Å². The topological polar surface area (TPSA) is 69.6 Å². The number of thiazole rings is 1. The Bertz CT molecular complexity index is 824. The lowest BCUT2D eigenvalue weighted by Crippen LogP contribution is -1.99. The molecule has 0 atom stereocenters. The number of nitrogen functional groups attached to an aromatic ring is 1. The van der Waals surface area contributed by atoms with Crippen LogP contribution in [0.25, 0.3) is 16.3 Å². The fraction of sp³-hybridized carbons (Fsp3) is 0.154. The Kier molecular flexibility index (Phi) is 3.61. The number of anilines is 1. The normalized spacial score (nSPS) is 11.0. The summed E-state index contributed by atoms with van der Waals surface area (Å²) in [4.78, 5) is 8.68. The van der Waals surface area contributed by atoms with Gasteiger partial charge in [0.1, 0.15) is 22.3 Å². The number of benzene rings is 1. The predicted octanol–water partition coefficient (Wildman–Crippen LogP) is 3.90. The molecule has 3 aromatic rings.